The molecule has 0 saturated heterocycles. The van der Waals surface area contributed by atoms with Crippen molar-refractivity contribution >= 4 is 0 Å². The SMILES string of the molecule is C[C@H]([NH3+])CCc1ccc(F)cc1. The van der Waals surface area contributed by atoms with E-state index in [1.807, 2.05) is 12.1 Å². The van der Waals surface area contributed by atoms with Crippen LogP contribution >= 0.6 is 0 Å². The maximum Gasteiger partial charge on any atom is 0.123 e. The first-order valence-corrected chi connectivity index (χ1v) is 4.26. The number of aryl methyl sites for hydroxylation is 1. The molecule has 0 radical (unpaired) electrons. The standard InChI is InChI=1S/C10H14FN/c1-8(12)2-3-9-4-6-10(11)7-5-9/h4-8H,2-3,12H2,1H3/p+1/t8-/m0/s1. The Morgan fingerprint density at radius 1 is 1.33 bits per heavy atom. The quantitative estimate of drug-likeness (QED) is 0.706. The molecule has 1 atom stereocenters. The third-order valence-corrected chi connectivity index (χ3v) is 1.84. The van der Waals surface area contributed by atoms with Gasteiger partial charge in [-0.25, -0.2) is 4.39 Å². The molecule has 1 aromatic rings. The molecule has 0 spiro atoms. The van der Waals surface area contributed by atoms with Gasteiger partial charge in [0, 0.05) is 6.42 Å². The van der Waals surface area contributed by atoms with Crippen LogP contribution in [0.4, 0.5) is 4.39 Å². The maximum absolute atomic E-state index is 12.5. The van der Waals surface area contributed by atoms with Gasteiger partial charge in [0.05, 0.1) is 6.04 Å². The van der Waals surface area contributed by atoms with Crippen LogP contribution in [-0.2, 0) is 6.42 Å². The summed E-state index contributed by atoms with van der Waals surface area (Å²) in [4.78, 5) is 0. The van der Waals surface area contributed by atoms with Gasteiger partial charge in [0.25, 0.3) is 0 Å². The van der Waals surface area contributed by atoms with Crippen molar-refractivity contribution in [3.63, 3.8) is 0 Å². The molecular weight excluding hydrogens is 153 g/mol. The highest BCUT2D eigenvalue weighted by atomic mass is 19.1. The molecule has 0 fully saturated rings. The van der Waals surface area contributed by atoms with Gasteiger partial charge in [-0.2, -0.15) is 0 Å². The Morgan fingerprint density at radius 2 is 1.92 bits per heavy atom. The summed E-state index contributed by atoms with van der Waals surface area (Å²) < 4.78 is 12.5. The van der Waals surface area contributed by atoms with Gasteiger partial charge in [-0.15, -0.1) is 0 Å². The van der Waals surface area contributed by atoms with E-state index >= 15 is 0 Å². The van der Waals surface area contributed by atoms with Crippen LogP contribution in [0, 0.1) is 5.82 Å². The number of hydrogen-bond donors (Lipinski definition) is 1. The lowest BCUT2D eigenvalue weighted by atomic mass is 10.1. The zero-order valence-electron chi connectivity index (χ0n) is 7.39. The lowest BCUT2D eigenvalue weighted by molar-refractivity contribution is -0.415. The molecule has 1 nitrogen and oxygen atoms in total. The van der Waals surface area contributed by atoms with Crippen LogP contribution in [-0.4, -0.2) is 6.04 Å². The molecule has 0 bridgehead atoms. The van der Waals surface area contributed by atoms with Crippen LogP contribution in [0.25, 0.3) is 0 Å². The Balaban J connectivity index is 2.48. The number of halogens is 1. The lowest BCUT2D eigenvalue weighted by Gasteiger charge is -2.01. The van der Waals surface area contributed by atoms with E-state index in [2.05, 4.69) is 12.7 Å². The first-order chi connectivity index (χ1) is 5.68. The van der Waals surface area contributed by atoms with Crippen LogP contribution in [0.2, 0.25) is 0 Å². The summed E-state index contributed by atoms with van der Waals surface area (Å²) in [5, 5.41) is 0. The van der Waals surface area contributed by atoms with Gasteiger partial charge in [-0.05, 0) is 31.0 Å². The van der Waals surface area contributed by atoms with Gasteiger partial charge < -0.3 is 5.73 Å². The van der Waals surface area contributed by atoms with Gasteiger partial charge in [0.2, 0.25) is 0 Å². The fourth-order valence-corrected chi connectivity index (χ4v) is 1.06. The molecule has 0 heterocycles. The fraction of sp³-hybridized carbons (Fsp3) is 0.400. The second kappa shape index (κ2) is 4.21. The largest absolute Gasteiger partial charge is 0.355 e. The Bertz CT molecular complexity index is 228. The van der Waals surface area contributed by atoms with Crippen molar-refractivity contribution in [2.24, 2.45) is 0 Å². The van der Waals surface area contributed by atoms with Crippen LogP contribution in [0.15, 0.2) is 24.3 Å². The van der Waals surface area contributed by atoms with Crippen molar-refractivity contribution in [1.29, 1.82) is 0 Å². The van der Waals surface area contributed by atoms with Gasteiger partial charge in [0.1, 0.15) is 5.82 Å². The topological polar surface area (TPSA) is 27.6 Å². The molecule has 0 saturated carbocycles. The summed E-state index contributed by atoms with van der Waals surface area (Å²) in [5.74, 6) is -0.165. The van der Waals surface area contributed by atoms with Crippen molar-refractivity contribution in [3.05, 3.63) is 35.6 Å². The van der Waals surface area contributed by atoms with Crippen molar-refractivity contribution in [1.82, 2.24) is 0 Å². The minimum absolute atomic E-state index is 0.165. The summed E-state index contributed by atoms with van der Waals surface area (Å²) in [6, 6.07) is 7.14. The van der Waals surface area contributed by atoms with E-state index in [0.29, 0.717) is 6.04 Å². The predicted molar refractivity (Wildman–Crippen MR) is 47.1 cm³/mol. The predicted octanol–water partition coefficient (Wildman–Crippen LogP) is 1.39. The molecule has 0 aliphatic carbocycles. The highest BCUT2D eigenvalue weighted by Gasteiger charge is 1.98. The first-order valence-electron chi connectivity index (χ1n) is 4.26. The molecule has 3 N–H and O–H groups in total. The normalized spacial score (nSPS) is 12.9. The Kier molecular flexibility index (Phi) is 3.23. The average Bonchev–Trinajstić information content (AvgIpc) is 2.03. The summed E-state index contributed by atoms with van der Waals surface area (Å²) in [7, 11) is 0. The fourth-order valence-electron chi connectivity index (χ4n) is 1.06. The van der Waals surface area contributed by atoms with Crippen molar-refractivity contribution in [3.8, 4) is 0 Å². The number of rotatable bonds is 3. The molecule has 2 heteroatoms. The zero-order valence-corrected chi connectivity index (χ0v) is 7.39. The van der Waals surface area contributed by atoms with Crippen LogP contribution < -0.4 is 5.73 Å². The van der Waals surface area contributed by atoms with Crippen LogP contribution in [0.5, 0.6) is 0 Å². The molecule has 12 heavy (non-hydrogen) atoms. The van der Waals surface area contributed by atoms with Crippen molar-refractivity contribution in [2.45, 2.75) is 25.8 Å². The maximum atomic E-state index is 12.5. The molecular formula is C10H15FN+. The minimum atomic E-state index is -0.165. The molecule has 0 amide bonds. The second-order valence-electron chi connectivity index (χ2n) is 3.27. The van der Waals surface area contributed by atoms with Crippen LogP contribution in [0.3, 0.4) is 0 Å². The molecule has 1 rings (SSSR count). The lowest BCUT2D eigenvalue weighted by Crippen LogP contribution is -2.59. The van der Waals surface area contributed by atoms with Gasteiger partial charge in [0.15, 0.2) is 0 Å². The summed E-state index contributed by atoms with van der Waals surface area (Å²) in [5.41, 5.74) is 5.08. The second-order valence-corrected chi connectivity index (χ2v) is 3.27. The van der Waals surface area contributed by atoms with Crippen LogP contribution in [0.1, 0.15) is 18.9 Å². The monoisotopic (exact) mass is 168 g/mol. The minimum Gasteiger partial charge on any atom is -0.355 e. The average molecular weight is 168 g/mol. The van der Waals surface area contributed by atoms with E-state index in [-0.39, 0.29) is 5.82 Å². The number of hydrogen-bond acceptors (Lipinski definition) is 0. The van der Waals surface area contributed by atoms with E-state index in [0.717, 1.165) is 12.8 Å². The first kappa shape index (κ1) is 9.20. The number of quaternary nitrogens is 1. The van der Waals surface area contributed by atoms with Gasteiger partial charge >= 0.3 is 0 Å². The molecule has 66 valence electrons. The van der Waals surface area contributed by atoms with E-state index in [1.54, 1.807) is 0 Å². The summed E-state index contributed by atoms with van der Waals surface area (Å²) in [6.45, 7) is 2.09. The molecule has 0 aromatic heterocycles. The molecule has 0 aliphatic rings. The third-order valence-electron chi connectivity index (χ3n) is 1.84. The van der Waals surface area contributed by atoms with Gasteiger partial charge in [-0.3, -0.25) is 0 Å². The van der Waals surface area contributed by atoms with E-state index in [4.69, 9.17) is 0 Å². The van der Waals surface area contributed by atoms with E-state index in [1.165, 1.54) is 17.7 Å². The Morgan fingerprint density at radius 3 is 2.42 bits per heavy atom. The highest BCUT2D eigenvalue weighted by molar-refractivity contribution is 5.15. The zero-order chi connectivity index (χ0) is 8.97. The van der Waals surface area contributed by atoms with E-state index in [9.17, 15) is 4.39 Å². The smallest absolute Gasteiger partial charge is 0.123 e. The highest BCUT2D eigenvalue weighted by Crippen LogP contribution is 2.05. The van der Waals surface area contributed by atoms with Crippen molar-refractivity contribution in [2.75, 3.05) is 0 Å². The van der Waals surface area contributed by atoms with Gasteiger partial charge in [-0.1, -0.05) is 12.1 Å². The third kappa shape index (κ3) is 3.01. The summed E-state index contributed by atoms with van der Waals surface area (Å²) in [6.07, 6.45) is 2.05. The Hall–Kier alpha value is -0.890. The number of benzene rings is 1. The Labute approximate surface area is 72.4 Å². The molecule has 1 aromatic carbocycles. The molecule has 0 aliphatic heterocycles. The van der Waals surface area contributed by atoms with Crippen molar-refractivity contribution < 1.29 is 10.1 Å². The summed E-state index contributed by atoms with van der Waals surface area (Å²) >= 11 is 0. The molecule has 0 unspecified atom stereocenters. The van der Waals surface area contributed by atoms with E-state index < -0.39 is 0 Å².